The van der Waals surface area contributed by atoms with E-state index in [1.165, 1.54) is 11.8 Å². The second-order valence-corrected chi connectivity index (χ2v) is 16.6. The fourth-order valence-electron chi connectivity index (χ4n) is 7.35. The van der Waals surface area contributed by atoms with Crippen LogP contribution in [-0.4, -0.2) is 98.4 Å². The summed E-state index contributed by atoms with van der Waals surface area (Å²) in [5.74, 6) is -2.02. The summed E-state index contributed by atoms with van der Waals surface area (Å²) in [4.78, 5) is 76.2. The van der Waals surface area contributed by atoms with Gasteiger partial charge in [0.05, 0.1) is 12.1 Å². The summed E-state index contributed by atoms with van der Waals surface area (Å²) in [6.07, 6.45) is 6.07. The van der Waals surface area contributed by atoms with E-state index in [9.17, 15) is 33.9 Å². The predicted octanol–water partition coefficient (Wildman–Crippen LogP) is 4.63. The number of carboxylic acid groups (broad SMARTS) is 2. The Bertz CT molecular complexity index is 1550. The number of unbranched alkanes of at least 4 members (excludes halogenated alkanes) is 2. The van der Waals surface area contributed by atoms with Crippen LogP contribution in [0.3, 0.4) is 0 Å². The third-order valence-corrected chi connectivity index (χ3v) is 11.6. The second kappa shape index (κ2) is 18.3. The number of aliphatic carboxylic acids is 2. The first-order valence-electron chi connectivity index (χ1n) is 18.7. The molecule has 1 aromatic rings. The highest BCUT2D eigenvalue weighted by Crippen LogP contribution is 2.45. The summed E-state index contributed by atoms with van der Waals surface area (Å²) in [5.41, 5.74) is 5.95. The molecule has 0 aromatic heterocycles. The molecule has 0 bridgehead atoms. The molecule has 7 N–H and O–H groups in total. The highest BCUT2D eigenvalue weighted by atomic mass is 32.2. The molecule has 3 unspecified atom stereocenters. The lowest BCUT2D eigenvalue weighted by molar-refractivity contribution is -0.140. The molecule has 2 saturated heterocycles. The number of alkyl carbamates (subject to hydrolysis) is 1. The van der Waals surface area contributed by atoms with E-state index in [1.54, 1.807) is 25.8 Å². The number of thioether (sulfide) groups is 1. The Labute approximate surface area is 315 Å². The molecule has 0 spiro atoms. The number of carbonyl (C=O) groups is 6. The zero-order chi connectivity index (χ0) is 38.9. The monoisotopic (exact) mass is 760 g/mol. The molecule has 53 heavy (non-hydrogen) atoms. The normalized spacial score (nSPS) is 22.2. The van der Waals surface area contributed by atoms with Gasteiger partial charge >= 0.3 is 24.1 Å². The Kier molecular flexibility index (Phi) is 14.4. The summed E-state index contributed by atoms with van der Waals surface area (Å²) in [7, 11) is 0. The molecule has 4 atom stereocenters. The summed E-state index contributed by atoms with van der Waals surface area (Å²) < 4.78 is 4.17. The van der Waals surface area contributed by atoms with E-state index in [2.05, 4.69) is 26.7 Å². The van der Waals surface area contributed by atoms with Crippen molar-refractivity contribution < 1.29 is 43.7 Å². The van der Waals surface area contributed by atoms with Crippen LogP contribution in [-0.2, 0) is 25.5 Å². The number of ether oxygens (including phenoxy) is 1. The highest BCUT2D eigenvalue weighted by Gasteiger charge is 2.57. The molecule has 5 amide bonds. The van der Waals surface area contributed by atoms with Crippen LogP contribution >= 0.6 is 11.8 Å². The molecule has 3 aliphatic heterocycles. The minimum Gasteiger partial charge on any atom is -0.481 e. The van der Waals surface area contributed by atoms with E-state index >= 15 is 0 Å². The predicted molar refractivity (Wildman–Crippen MR) is 201 cm³/mol. The zero-order valence-electron chi connectivity index (χ0n) is 31.5. The van der Waals surface area contributed by atoms with Crippen molar-refractivity contribution in [1.29, 1.82) is 0 Å². The Hall–Kier alpha value is -4.05. The number of nitrogens with zero attached hydrogens (tertiary/aromatic N) is 1. The number of anilines is 1. The number of hydrogen-bond donors (Lipinski definition) is 7. The molecular formula is C37H56N6O9S. The maximum Gasteiger partial charge on any atom is 0.408 e. The van der Waals surface area contributed by atoms with Crippen LogP contribution in [0.15, 0.2) is 6.07 Å². The minimum absolute atomic E-state index is 0.00901. The van der Waals surface area contributed by atoms with Crippen molar-refractivity contribution in [3.8, 4) is 0 Å². The number of urea groups is 1. The largest absolute Gasteiger partial charge is 0.481 e. The maximum absolute atomic E-state index is 14.4. The van der Waals surface area contributed by atoms with Gasteiger partial charge in [-0.2, -0.15) is 0 Å². The SMILES string of the molecule is Cc1cc2c(c(C)c1NC(=O)[C@@]1(CCCCC(=O)O)SCC3NC(=O)NC31)C(=O)N(NCCCCC(NC(=O)OC(C)(C)C)C(=O)O)CCCCCC2. The lowest BCUT2D eigenvalue weighted by atomic mass is 9.87. The van der Waals surface area contributed by atoms with Gasteiger partial charge in [-0.1, -0.05) is 25.3 Å². The summed E-state index contributed by atoms with van der Waals surface area (Å²) in [6.45, 7) is 9.72. The maximum atomic E-state index is 14.4. The number of nitrogens with one attached hydrogen (secondary N) is 5. The van der Waals surface area contributed by atoms with E-state index in [4.69, 9.17) is 9.84 Å². The van der Waals surface area contributed by atoms with E-state index in [1.807, 2.05) is 19.9 Å². The number of hydrogen-bond acceptors (Lipinski definition) is 9. The first-order chi connectivity index (χ1) is 25.0. The van der Waals surface area contributed by atoms with E-state index in [-0.39, 0.29) is 36.7 Å². The fourth-order valence-corrected chi connectivity index (χ4v) is 8.98. The number of amides is 5. The van der Waals surface area contributed by atoms with Crippen LogP contribution < -0.4 is 26.7 Å². The quantitative estimate of drug-likeness (QED) is 0.0966. The summed E-state index contributed by atoms with van der Waals surface area (Å²) in [5, 5.41) is 31.8. The van der Waals surface area contributed by atoms with Gasteiger partial charge in [0.2, 0.25) is 5.91 Å². The number of hydrazine groups is 1. The van der Waals surface area contributed by atoms with Crippen LogP contribution in [0.4, 0.5) is 15.3 Å². The number of aryl methyl sites for hydroxylation is 2. The molecule has 0 radical (unpaired) electrons. The van der Waals surface area contributed by atoms with Gasteiger partial charge in [-0.05, 0) is 103 Å². The van der Waals surface area contributed by atoms with E-state index in [0.717, 1.165) is 36.8 Å². The molecular weight excluding hydrogens is 705 g/mol. The topological polar surface area (TPSA) is 215 Å². The molecule has 16 heteroatoms. The van der Waals surface area contributed by atoms with Crippen LogP contribution in [0.25, 0.3) is 0 Å². The molecule has 1 aromatic carbocycles. The number of rotatable bonds is 15. The number of benzene rings is 1. The van der Waals surface area contributed by atoms with Crippen molar-refractivity contribution in [3.63, 3.8) is 0 Å². The van der Waals surface area contributed by atoms with Crippen LogP contribution in [0, 0.1) is 13.8 Å². The Morgan fingerprint density at radius 3 is 2.47 bits per heavy atom. The van der Waals surface area contributed by atoms with Crippen molar-refractivity contribution in [1.82, 2.24) is 26.4 Å². The Balaban J connectivity index is 1.50. The first kappa shape index (κ1) is 41.7. The van der Waals surface area contributed by atoms with Gasteiger partial charge in [-0.15, -0.1) is 11.8 Å². The number of fused-ring (bicyclic) bond motifs is 2. The molecule has 2 fully saturated rings. The van der Waals surface area contributed by atoms with Crippen molar-refractivity contribution in [2.24, 2.45) is 0 Å². The van der Waals surface area contributed by atoms with Crippen molar-refractivity contribution in [2.45, 2.75) is 140 Å². The minimum atomic E-state index is -1.15. The molecule has 294 valence electrons. The summed E-state index contributed by atoms with van der Waals surface area (Å²) >= 11 is 1.46. The second-order valence-electron chi connectivity index (χ2n) is 15.2. The van der Waals surface area contributed by atoms with Crippen molar-refractivity contribution in [2.75, 3.05) is 24.2 Å². The van der Waals surface area contributed by atoms with Gasteiger partial charge in [-0.3, -0.25) is 19.4 Å². The molecule has 0 aliphatic carbocycles. The number of carbonyl (C=O) groups excluding carboxylic acids is 4. The smallest absolute Gasteiger partial charge is 0.408 e. The van der Waals surface area contributed by atoms with Gasteiger partial charge in [0.25, 0.3) is 5.91 Å². The molecule has 15 nitrogen and oxygen atoms in total. The molecule has 0 saturated carbocycles. The van der Waals surface area contributed by atoms with Gasteiger partial charge in [-0.25, -0.2) is 19.8 Å². The van der Waals surface area contributed by atoms with Crippen LogP contribution in [0.2, 0.25) is 0 Å². The third-order valence-electron chi connectivity index (χ3n) is 9.94. The molecule has 3 heterocycles. The van der Waals surface area contributed by atoms with Gasteiger partial charge in [0.15, 0.2) is 0 Å². The lowest BCUT2D eigenvalue weighted by Gasteiger charge is -2.33. The van der Waals surface area contributed by atoms with Gasteiger partial charge < -0.3 is 36.2 Å². The average molecular weight is 761 g/mol. The highest BCUT2D eigenvalue weighted by molar-refractivity contribution is 8.01. The van der Waals surface area contributed by atoms with Crippen LogP contribution in [0.5, 0.6) is 0 Å². The van der Waals surface area contributed by atoms with Gasteiger partial charge in [0.1, 0.15) is 16.4 Å². The van der Waals surface area contributed by atoms with Crippen molar-refractivity contribution >= 4 is 53.3 Å². The fraction of sp³-hybridized carbons (Fsp3) is 0.676. The van der Waals surface area contributed by atoms with Crippen molar-refractivity contribution in [3.05, 3.63) is 28.3 Å². The van der Waals surface area contributed by atoms with E-state index in [0.29, 0.717) is 74.2 Å². The Morgan fingerprint density at radius 1 is 1.04 bits per heavy atom. The van der Waals surface area contributed by atoms with Gasteiger partial charge in [0, 0.05) is 36.5 Å². The number of carboxylic acids is 2. The standard InChI is InChI=1S/C37H56N6O9S/c1-22-20-24-14-8-6-7-13-19-43(38-18-12-10-15-25(32(47)48)40-35(51)52-36(3,4)5)31(46)28(24)23(2)29(22)41-33(49)37(17-11-9-16-27(44)45)30-26(21-53-37)39-34(50)42-30/h20,25-26,30,38H,6-19,21H2,1-5H3,(H,40,51)(H,41,49)(H,44,45)(H,47,48)(H2,39,42,50)/t25?,26?,30?,37-/m0/s1. The van der Waals surface area contributed by atoms with E-state index < -0.39 is 40.5 Å². The third kappa shape index (κ3) is 11.0. The average Bonchev–Trinajstić information content (AvgIpc) is 3.61. The molecule has 4 rings (SSSR count). The lowest BCUT2D eigenvalue weighted by Crippen LogP contribution is -2.54. The Morgan fingerprint density at radius 2 is 1.77 bits per heavy atom. The zero-order valence-corrected chi connectivity index (χ0v) is 32.3. The summed E-state index contributed by atoms with van der Waals surface area (Å²) in [6, 6.07) is -0.170. The van der Waals surface area contributed by atoms with Crippen LogP contribution in [0.1, 0.15) is 118 Å². The first-order valence-corrected chi connectivity index (χ1v) is 19.7. The molecule has 3 aliphatic rings.